The molecule has 4 heteroatoms. The molecule has 0 spiro atoms. The zero-order valence-corrected chi connectivity index (χ0v) is 12.5. The molecule has 1 aliphatic rings. The minimum Gasteiger partial charge on any atom is -0.474 e. The van der Waals surface area contributed by atoms with Gasteiger partial charge >= 0.3 is 5.97 Å². The normalized spacial score (nSPS) is 22.1. The van der Waals surface area contributed by atoms with Crippen LogP contribution < -0.4 is 0 Å². The van der Waals surface area contributed by atoms with E-state index in [0.29, 0.717) is 12.3 Å². The lowest BCUT2D eigenvalue weighted by Crippen LogP contribution is -2.42. The summed E-state index contributed by atoms with van der Waals surface area (Å²) in [6.45, 7) is 7.72. The number of esters is 1. The second-order valence-corrected chi connectivity index (χ2v) is 5.96. The molecule has 0 saturated heterocycles. The number of hydrogen-bond donors (Lipinski definition) is 0. The number of rotatable bonds is 3. The fourth-order valence-corrected chi connectivity index (χ4v) is 1.98. The molecular formula is C16H21NO3. The molecule has 0 N–H and O–H groups in total. The van der Waals surface area contributed by atoms with Crippen molar-refractivity contribution >= 4 is 11.9 Å². The molecule has 20 heavy (non-hydrogen) atoms. The number of nitrogens with zero attached hydrogens (tertiary/aromatic N) is 1. The van der Waals surface area contributed by atoms with Crippen molar-refractivity contribution in [2.75, 3.05) is 6.61 Å². The predicted octanol–water partition coefficient (Wildman–Crippen LogP) is 2.95. The minimum atomic E-state index is -0.918. The maximum atomic E-state index is 12.4. The zero-order chi connectivity index (χ0) is 14.8. The van der Waals surface area contributed by atoms with Crippen molar-refractivity contribution in [2.24, 2.45) is 4.99 Å². The van der Waals surface area contributed by atoms with Crippen LogP contribution in [0.4, 0.5) is 0 Å². The van der Waals surface area contributed by atoms with Gasteiger partial charge < -0.3 is 9.47 Å². The van der Waals surface area contributed by atoms with E-state index in [-0.39, 0.29) is 12.6 Å². The first-order valence-electron chi connectivity index (χ1n) is 6.88. The van der Waals surface area contributed by atoms with Crippen LogP contribution in [0.25, 0.3) is 0 Å². The average molecular weight is 275 g/mol. The maximum absolute atomic E-state index is 12.4. The highest BCUT2D eigenvalue weighted by molar-refractivity contribution is 5.99. The SMILES string of the molecule is CC[C@]1(C(=O)OC(C)(C)C)COC(c2ccccc2)=N1. The molecular weight excluding hydrogens is 254 g/mol. The summed E-state index contributed by atoms with van der Waals surface area (Å²) in [5, 5.41) is 0. The minimum absolute atomic E-state index is 0.239. The molecule has 0 unspecified atom stereocenters. The second kappa shape index (κ2) is 5.27. The van der Waals surface area contributed by atoms with Gasteiger partial charge in [0.2, 0.25) is 5.90 Å². The number of carbonyl (C=O) groups is 1. The quantitative estimate of drug-likeness (QED) is 0.797. The van der Waals surface area contributed by atoms with Gasteiger partial charge in [0, 0.05) is 5.56 Å². The number of carbonyl (C=O) groups excluding carboxylic acids is 1. The Kier molecular flexibility index (Phi) is 3.84. The summed E-state index contributed by atoms with van der Waals surface area (Å²) in [7, 11) is 0. The van der Waals surface area contributed by atoms with Gasteiger partial charge in [-0.1, -0.05) is 25.1 Å². The van der Waals surface area contributed by atoms with Crippen LogP contribution in [0.2, 0.25) is 0 Å². The smallest absolute Gasteiger partial charge is 0.338 e. The Hall–Kier alpha value is -1.84. The molecule has 1 aromatic carbocycles. The molecule has 2 rings (SSSR count). The van der Waals surface area contributed by atoms with E-state index < -0.39 is 11.1 Å². The third kappa shape index (κ3) is 3.00. The van der Waals surface area contributed by atoms with E-state index in [0.717, 1.165) is 5.56 Å². The predicted molar refractivity (Wildman–Crippen MR) is 77.8 cm³/mol. The Bertz CT molecular complexity index is 516. The molecule has 4 nitrogen and oxygen atoms in total. The van der Waals surface area contributed by atoms with Crippen molar-refractivity contribution < 1.29 is 14.3 Å². The van der Waals surface area contributed by atoms with Crippen molar-refractivity contribution in [3.8, 4) is 0 Å². The molecule has 0 radical (unpaired) electrons. The topological polar surface area (TPSA) is 47.9 Å². The van der Waals surface area contributed by atoms with Crippen LogP contribution in [0.5, 0.6) is 0 Å². The molecule has 1 heterocycles. The fourth-order valence-electron chi connectivity index (χ4n) is 1.98. The summed E-state index contributed by atoms with van der Waals surface area (Å²) in [4.78, 5) is 16.9. The monoisotopic (exact) mass is 275 g/mol. The van der Waals surface area contributed by atoms with Gasteiger partial charge in [0.1, 0.15) is 12.2 Å². The molecule has 0 saturated carbocycles. The van der Waals surface area contributed by atoms with Gasteiger partial charge in [-0.25, -0.2) is 9.79 Å². The summed E-state index contributed by atoms with van der Waals surface area (Å²) in [6.07, 6.45) is 0.554. The van der Waals surface area contributed by atoms with Crippen LogP contribution in [0.15, 0.2) is 35.3 Å². The van der Waals surface area contributed by atoms with Gasteiger partial charge in [0.05, 0.1) is 0 Å². The Balaban J connectivity index is 2.26. The van der Waals surface area contributed by atoms with Crippen molar-refractivity contribution in [1.29, 1.82) is 0 Å². The Morgan fingerprint density at radius 2 is 2.00 bits per heavy atom. The molecule has 1 aromatic rings. The van der Waals surface area contributed by atoms with Crippen LogP contribution in [-0.2, 0) is 14.3 Å². The first-order chi connectivity index (χ1) is 9.36. The van der Waals surface area contributed by atoms with E-state index in [1.54, 1.807) is 0 Å². The molecule has 0 amide bonds. The van der Waals surface area contributed by atoms with Crippen molar-refractivity contribution in [3.05, 3.63) is 35.9 Å². The van der Waals surface area contributed by atoms with E-state index in [1.807, 2.05) is 58.0 Å². The first kappa shape index (κ1) is 14.6. The van der Waals surface area contributed by atoms with E-state index in [2.05, 4.69) is 4.99 Å². The molecule has 0 aliphatic carbocycles. The van der Waals surface area contributed by atoms with E-state index in [4.69, 9.17) is 9.47 Å². The van der Waals surface area contributed by atoms with Crippen LogP contribution in [-0.4, -0.2) is 29.6 Å². The molecule has 1 aliphatic heterocycles. The van der Waals surface area contributed by atoms with Crippen LogP contribution in [0.1, 0.15) is 39.7 Å². The number of ether oxygens (including phenoxy) is 2. The lowest BCUT2D eigenvalue weighted by molar-refractivity contribution is -0.162. The van der Waals surface area contributed by atoms with Gasteiger partial charge in [-0.15, -0.1) is 0 Å². The van der Waals surface area contributed by atoms with E-state index >= 15 is 0 Å². The third-order valence-electron chi connectivity index (χ3n) is 3.15. The highest BCUT2D eigenvalue weighted by atomic mass is 16.6. The van der Waals surface area contributed by atoms with Gasteiger partial charge in [0.15, 0.2) is 5.54 Å². The lowest BCUT2D eigenvalue weighted by Gasteiger charge is -2.26. The third-order valence-corrected chi connectivity index (χ3v) is 3.15. The first-order valence-corrected chi connectivity index (χ1v) is 6.88. The van der Waals surface area contributed by atoms with Crippen LogP contribution in [0, 0.1) is 0 Å². The molecule has 1 atom stereocenters. The summed E-state index contributed by atoms with van der Waals surface area (Å²) in [5.74, 6) is 0.191. The van der Waals surface area contributed by atoms with Crippen LogP contribution in [0.3, 0.4) is 0 Å². The summed E-state index contributed by atoms with van der Waals surface area (Å²) >= 11 is 0. The van der Waals surface area contributed by atoms with Crippen molar-refractivity contribution in [2.45, 2.75) is 45.3 Å². The van der Waals surface area contributed by atoms with Gasteiger partial charge in [-0.2, -0.15) is 0 Å². The summed E-state index contributed by atoms with van der Waals surface area (Å²) in [5.41, 5.74) is -0.561. The largest absolute Gasteiger partial charge is 0.474 e. The summed E-state index contributed by atoms with van der Waals surface area (Å²) < 4.78 is 11.1. The Morgan fingerprint density at radius 1 is 1.35 bits per heavy atom. The molecule has 0 bridgehead atoms. The Morgan fingerprint density at radius 3 is 2.55 bits per heavy atom. The van der Waals surface area contributed by atoms with E-state index in [9.17, 15) is 4.79 Å². The van der Waals surface area contributed by atoms with Gasteiger partial charge in [0.25, 0.3) is 0 Å². The highest BCUT2D eigenvalue weighted by Crippen LogP contribution is 2.28. The standard InChI is InChI=1S/C16H21NO3/c1-5-16(14(18)20-15(2,3)4)11-19-13(17-16)12-9-7-6-8-10-12/h6-10H,5,11H2,1-4H3/t16-/m1/s1. The van der Waals surface area contributed by atoms with Crippen LogP contribution >= 0.6 is 0 Å². The summed E-state index contributed by atoms with van der Waals surface area (Å²) in [6, 6.07) is 9.60. The average Bonchev–Trinajstić information content (AvgIpc) is 2.83. The molecule has 0 aromatic heterocycles. The van der Waals surface area contributed by atoms with E-state index in [1.165, 1.54) is 0 Å². The highest BCUT2D eigenvalue weighted by Gasteiger charge is 2.45. The van der Waals surface area contributed by atoms with Crippen molar-refractivity contribution in [1.82, 2.24) is 0 Å². The van der Waals surface area contributed by atoms with Gasteiger partial charge in [-0.05, 0) is 39.3 Å². The van der Waals surface area contributed by atoms with Crippen molar-refractivity contribution in [3.63, 3.8) is 0 Å². The molecule has 108 valence electrons. The lowest BCUT2D eigenvalue weighted by atomic mass is 9.98. The zero-order valence-electron chi connectivity index (χ0n) is 12.5. The number of hydrogen-bond acceptors (Lipinski definition) is 4. The second-order valence-electron chi connectivity index (χ2n) is 5.96. The molecule has 0 fully saturated rings. The number of aliphatic imine (C=N–C) groups is 1. The van der Waals surface area contributed by atoms with Gasteiger partial charge in [-0.3, -0.25) is 0 Å². The maximum Gasteiger partial charge on any atom is 0.338 e. The Labute approximate surface area is 119 Å². The fraction of sp³-hybridized carbons (Fsp3) is 0.500. The number of benzene rings is 1.